The van der Waals surface area contributed by atoms with Crippen molar-refractivity contribution in [2.24, 2.45) is 5.92 Å². The Morgan fingerprint density at radius 3 is 2.35 bits per heavy atom. The minimum Gasteiger partial charge on any atom is -0.351 e. The van der Waals surface area contributed by atoms with E-state index >= 15 is 0 Å². The van der Waals surface area contributed by atoms with Crippen LogP contribution in [0, 0.1) is 5.92 Å². The number of anilines is 1. The summed E-state index contributed by atoms with van der Waals surface area (Å²) in [7, 11) is 1.93. The van der Waals surface area contributed by atoms with Crippen LogP contribution < -0.4 is 4.90 Å². The second kappa shape index (κ2) is 5.95. The van der Waals surface area contributed by atoms with Crippen LogP contribution in [0.2, 0.25) is 0 Å². The second-order valence-electron chi connectivity index (χ2n) is 7.67. The van der Waals surface area contributed by atoms with Gasteiger partial charge in [-0.05, 0) is 25.0 Å². The van der Waals surface area contributed by atoms with Crippen LogP contribution in [-0.2, 0) is 10.2 Å². The molecular weight excluding hydrogens is 288 g/mol. The molecule has 1 aliphatic carbocycles. The highest BCUT2D eigenvalue weighted by Gasteiger charge is 2.35. The molecule has 2 aliphatic rings. The van der Waals surface area contributed by atoms with Crippen molar-refractivity contribution in [1.29, 1.82) is 0 Å². The van der Waals surface area contributed by atoms with Gasteiger partial charge in [-0.15, -0.1) is 5.10 Å². The van der Waals surface area contributed by atoms with Gasteiger partial charge in [-0.1, -0.05) is 32.9 Å². The van der Waals surface area contributed by atoms with Gasteiger partial charge in [-0.25, -0.2) is 0 Å². The molecule has 0 aromatic carbocycles. The molecule has 1 aromatic heterocycles. The zero-order valence-corrected chi connectivity index (χ0v) is 14.5. The fourth-order valence-corrected chi connectivity index (χ4v) is 3.07. The molecule has 124 valence electrons. The van der Waals surface area contributed by atoms with Gasteiger partial charge in [-0.2, -0.15) is 5.10 Å². The molecule has 0 unspecified atom stereocenters. The van der Waals surface area contributed by atoms with Gasteiger partial charge in [0.2, 0.25) is 5.91 Å². The standard InChI is InChI=1S/C18H26N4O/c1-18(2,3)15-9-10-16(20-19-15)22-11-14(12-22)21(4)17(23)13-7-5-6-8-13/h5-6,9-10,13-14H,7-8,11-12H2,1-4H3. The third kappa shape index (κ3) is 3.23. The van der Waals surface area contributed by atoms with E-state index in [9.17, 15) is 4.79 Å². The number of carbonyl (C=O) groups is 1. The highest BCUT2D eigenvalue weighted by molar-refractivity contribution is 5.80. The molecule has 1 amide bonds. The summed E-state index contributed by atoms with van der Waals surface area (Å²) in [6, 6.07) is 4.37. The Morgan fingerprint density at radius 1 is 1.17 bits per heavy atom. The number of likely N-dealkylation sites (N-methyl/N-ethyl adjacent to an activating group) is 1. The van der Waals surface area contributed by atoms with Crippen molar-refractivity contribution in [2.45, 2.75) is 45.1 Å². The maximum absolute atomic E-state index is 12.4. The van der Waals surface area contributed by atoms with Crippen LogP contribution in [-0.4, -0.2) is 47.2 Å². The average molecular weight is 314 g/mol. The second-order valence-corrected chi connectivity index (χ2v) is 7.67. The Morgan fingerprint density at radius 2 is 1.83 bits per heavy atom. The summed E-state index contributed by atoms with van der Waals surface area (Å²) in [6.07, 6.45) is 5.99. The van der Waals surface area contributed by atoms with Crippen molar-refractivity contribution >= 4 is 11.7 Å². The van der Waals surface area contributed by atoms with E-state index in [4.69, 9.17) is 0 Å². The number of aromatic nitrogens is 2. The van der Waals surface area contributed by atoms with Crippen LogP contribution in [0.1, 0.15) is 39.3 Å². The Kier molecular flexibility index (Phi) is 4.13. The number of carbonyl (C=O) groups excluding carboxylic acids is 1. The molecule has 0 atom stereocenters. The van der Waals surface area contributed by atoms with E-state index < -0.39 is 0 Å². The first-order chi connectivity index (χ1) is 10.9. The van der Waals surface area contributed by atoms with E-state index in [1.54, 1.807) is 0 Å². The van der Waals surface area contributed by atoms with E-state index in [-0.39, 0.29) is 23.3 Å². The zero-order valence-electron chi connectivity index (χ0n) is 14.5. The zero-order chi connectivity index (χ0) is 16.6. The third-order valence-electron chi connectivity index (χ3n) is 4.86. The summed E-state index contributed by atoms with van der Waals surface area (Å²) in [5, 5.41) is 8.69. The summed E-state index contributed by atoms with van der Waals surface area (Å²) >= 11 is 0. The van der Waals surface area contributed by atoms with Gasteiger partial charge in [0.05, 0.1) is 11.7 Å². The van der Waals surface area contributed by atoms with Gasteiger partial charge in [0, 0.05) is 31.5 Å². The van der Waals surface area contributed by atoms with Gasteiger partial charge in [-0.3, -0.25) is 4.79 Å². The molecule has 0 spiro atoms. The molecule has 5 nitrogen and oxygen atoms in total. The maximum atomic E-state index is 12.4. The molecule has 0 radical (unpaired) electrons. The molecule has 1 fully saturated rings. The molecule has 23 heavy (non-hydrogen) atoms. The fourth-order valence-electron chi connectivity index (χ4n) is 3.07. The first kappa shape index (κ1) is 16.0. The predicted molar refractivity (Wildman–Crippen MR) is 91.4 cm³/mol. The molecule has 1 aliphatic heterocycles. The normalized spacial score (nSPS) is 19.0. The fraction of sp³-hybridized carbons (Fsp3) is 0.611. The quantitative estimate of drug-likeness (QED) is 0.804. The molecule has 2 heterocycles. The third-order valence-corrected chi connectivity index (χ3v) is 4.86. The lowest BCUT2D eigenvalue weighted by atomic mass is 9.92. The molecule has 1 aromatic rings. The largest absolute Gasteiger partial charge is 0.351 e. The average Bonchev–Trinajstić information content (AvgIpc) is 2.98. The van der Waals surface area contributed by atoms with E-state index in [0.717, 1.165) is 37.4 Å². The van der Waals surface area contributed by atoms with Crippen molar-refractivity contribution in [3.05, 3.63) is 30.0 Å². The Labute approximate surface area is 138 Å². The SMILES string of the molecule is CN(C(=O)C1CC=CC1)C1CN(c2ccc(C(C)(C)C)nn2)C1. The number of rotatable bonds is 3. The molecule has 0 bridgehead atoms. The molecular formula is C18H26N4O. The van der Waals surface area contributed by atoms with Gasteiger partial charge in [0.15, 0.2) is 5.82 Å². The van der Waals surface area contributed by atoms with Crippen LogP contribution in [0.3, 0.4) is 0 Å². The number of allylic oxidation sites excluding steroid dienone is 2. The lowest BCUT2D eigenvalue weighted by molar-refractivity contribution is -0.136. The predicted octanol–water partition coefficient (Wildman–Crippen LogP) is 2.39. The van der Waals surface area contributed by atoms with Crippen molar-refractivity contribution in [1.82, 2.24) is 15.1 Å². The Balaban J connectivity index is 1.55. The molecule has 1 saturated heterocycles. The summed E-state index contributed by atoms with van der Waals surface area (Å²) in [5.41, 5.74) is 1.02. The van der Waals surface area contributed by atoms with E-state index in [2.05, 4.69) is 54.1 Å². The van der Waals surface area contributed by atoms with Gasteiger partial charge >= 0.3 is 0 Å². The van der Waals surface area contributed by atoms with Gasteiger partial charge < -0.3 is 9.80 Å². The number of hydrogen-bond donors (Lipinski definition) is 0. The van der Waals surface area contributed by atoms with E-state index in [0.29, 0.717) is 0 Å². The van der Waals surface area contributed by atoms with Gasteiger partial charge in [0.1, 0.15) is 0 Å². The molecule has 0 N–H and O–H groups in total. The first-order valence-corrected chi connectivity index (χ1v) is 8.37. The van der Waals surface area contributed by atoms with Crippen LogP contribution in [0.15, 0.2) is 24.3 Å². The molecule has 5 heteroatoms. The van der Waals surface area contributed by atoms with Crippen LogP contribution >= 0.6 is 0 Å². The smallest absolute Gasteiger partial charge is 0.226 e. The summed E-state index contributed by atoms with van der Waals surface area (Å²) in [6.45, 7) is 8.08. The van der Waals surface area contributed by atoms with E-state index in [1.165, 1.54) is 0 Å². The van der Waals surface area contributed by atoms with E-state index in [1.807, 2.05) is 18.0 Å². The maximum Gasteiger partial charge on any atom is 0.226 e. The summed E-state index contributed by atoms with van der Waals surface area (Å²) in [5.74, 6) is 1.33. The monoisotopic (exact) mass is 314 g/mol. The van der Waals surface area contributed by atoms with Crippen molar-refractivity contribution in [3.8, 4) is 0 Å². The highest BCUT2D eigenvalue weighted by atomic mass is 16.2. The van der Waals surface area contributed by atoms with Crippen molar-refractivity contribution in [3.63, 3.8) is 0 Å². The number of amides is 1. The lowest BCUT2D eigenvalue weighted by Crippen LogP contribution is -2.60. The number of nitrogens with zero attached hydrogens (tertiary/aromatic N) is 4. The van der Waals surface area contributed by atoms with Crippen LogP contribution in [0.5, 0.6) is 0 Å². The first-order valence-electron chi connectivity index (χ1n) is 8.37. The Hall–Kier alpha value is -1.91. The van der Waals surface area contributed by atoms with Crippen LogP contribution in [0.25, 0.3) is 0 Å². The van der Waals surface area contributed by atoms with Crippen molar-refractivity contribution in [2.75, 3.05) is 25.0 Å². The summed E-state index contributed by atoms with van der Waals surface area (Å²) in [4.78, 5) is 16.5. The van der Waals surface area contributed by atoms with Crippen molar-refractivity contribution < 1.29 is 4.79 Å². The summed E-state index contributed by atoms with van der Waals surface area (Å²) < 4.78 is 0. The van der Waals surface area contributed by atoms with Crippen LogP contribution in [0.4, 0.5) is 5.82 Å². The highest BCUT2D eigenvalue weighted by Crippen LogP contribution is 2.26. The minimum atomic E-state index is 0.0188. The Bertz CT molecular complexity index is 588. The topological polar surface area (TPSA) is 49.3 Å². The minimum absolute atomic E-state index is 0.0188. The lowest BCUT2D eigenvalue weighted by Gasteiger charge is -2.45. The molecule has 0 saturated carbocycles. The van der Waals surface area contributed by atoms with Gasteiger partial charge in [0.25, 0.3) is 0 Å². The molecule has 3 rings (SSSR count). The number of hydrogen-bond acceptors (Lipinski definition) is 4.